The second kappa shape index (κ2) is 5.44. The molecular formula is C15H19NO2Si. The lowest BCUT2D eigenvalue weighted by atomic mass is 10.3. The molecule has 0 amide bonds. The monoisotopic (exact) mass is 273 g/mol. The zero-order valence-electron chi connectivity index (χ0n) is 11.8. The van der Waals surface area contributed by atoms with E-state index in [0.717, 1.165) is 22.8 Å². The molecule has 0 saturated carbocycles. The molecule has 4 heteroatoms. The molecule has 0 spiro atoms. The van der Waals surface area contributed by atoms with Crippen LogP contribution in [0.3, 0.4) is 0 Å². The van der Waals surface area contributed by atoms with E-state index in [2.05, 4.69) is 24.6 Å². The van der Waals surface area contributed by atoms with Crippen molar-refractivity contribution in [1.82, 2.24) is 0 Å². The van der Waals surface area contributed by atoms with Gasteiger partial charge in [-0.1, -0.05) is 12.1 Å². The van der Waals surface area contributed by atoms with Crippen LogP contribution in [0.15, 0.2) is 46.0 Å². The lowest BCUT2D eigenvalue weighted by Gasteiger charge is -2.20. The molecule has 100 valence electrons. The first-order chi connectivity index (χ1) is 8.96. The fourth-order valence-electron chi connectivity index (χ4n) is 1.62. The summed E-state index contributed by atoms with van der Waals surface area (Å²) in [6.45, 7) is 8.47. The number of aryl methyl sites for hydroxylation is 1. The van der Waals surface area contributed by atoms with E-state index in [9.17, 15) is 0 Å². The number of hydrogen-bond donors (Lipinski definition) is 0. The van der Waals surface area contributed by atoms with Gasteiger partial charge in [0.2, 0.25) is 8.32 Å². The molecule has 19 heavy (non-hydrogen) atoms. The smallest absolute Gasteiger partial charge is 0.242 e. The topological polar surface area (TPSA) is 34.7 Å². The molecule has 0 aliphatic rings. The predicted molar refractivity (Wildman–Crippen MR) is 81.1 cm³/mol. The molecule has 2 aromatic rings. The Hall–Kier alpha value is -1.81. The summed E-state index contributed by atoms with van der Waals surface area (Å²) in [5.74, 6) is 1.62. The van der Waals surface area contributed by atoms with Gasteiger partial charge in [0, 0.05) is 0 Å². The van der Waals surface area contributed by atoms with E-state index in [4.69, 9.17) is 8.84 Å². The van der Waals surface area contributed by atoms with Crippen molar-refractivity contribution >= 4 is 20.2 Å². The Balaban J connectivity index is 2.25. The fourth-order valence-corrected chi connectivity index (χ4v) is 2.46. The molecule has 2 rings (SSSR count). The summed E-state index contributed by atoms with van der Waals surface area (Å²) in [5, 5.41) is 0. The summed E-state index contributed by atoms with van der Waals surface area (Å²) < 4.78 is 11.4. The lowest BCUT2D eigenvalue weighted by Crippen LogP contribution is -2.29. The predicted octanol–water partition coefficient (Wildman–Crippen LogP) is 4.55. The average molecular weight is 273 g/mol. The zero-order chi connectivity index (χ0) is 13.9. The molecule has 1 aromatic heterocycles. The van der Waals surface area contributed by atoms with Gasteiger partial charge in [-0.15, -0.1) is 0 Å². The first-order valence-corrected chi connectivity index (χ1v) is 9.73. The first-order valence-electron chi connectivity index (χ1n) is 6.32. The molecule has 0 radical (unpaired) electrons. The van der Waals surface area contributed by atoms with Crippen molar-refractivity contribution < 1.29 is 8.84 Å². The van der Waals surface area contributed by atoms with Gasteiger partial charge in [-0.3, -0.25) is 0 Å². The average Bonchev–Trinajstić information content (AvgIpc) is 2.72. The maximum absolute atomic E-state index is 6.03. The molecule has 0 fully saturated rings. The molecule has 1 heterocycles. The van der Waals surface area contributed by atoms with Crippen LogP contribution in [0.2, 0.25) is 19.6 Å². The van der Waals surface area contributed by atoms with Gasteiger partial charge in [0.15, 0.2) is 0 Å². The Morgan fingerprint density at radius 2 is 1.89 bits per heavy atom. The van der Waals surface area contributed by atoms with Crippen LogP contribution in [0.1, 0.15) is 11.3 Å². The Labute approximate surface area is 115 Å². The molecule has 1 aromatic carbocycles. The van der Waals surface area contributed by atoms with E-state index in [-0.39, 0.29) is 0 Å². The third-order valence-electron chi connectivity index (χ3n) is 2.50. The van der Waals surface area contributed by atoms with E-state index in [0.29, 0.717) is 0 Å². The zero-order valence-corrected chi connectivity index (χ0v) is 12.8. The third-order valence-corrected chi connectivity index (χ3v) is 3.34. The van der Waals surface area contributed by atoms with Gasteiger partial charge in [-0.25, -0.2) is 4.99 Å². The van der Waals surface area contributed by atoms with Crippen molar-refractivity contribution in [2.24, 2.45) is 4.99 Å². The molecule has 0 atom stereocenters. The van der Waals surface area contributed by atoms with E-state index < -0.39 is 8.32 Å². The lowest BCUT2D eigenvalue weighted by molar-refractivity contribution is 0.556. The number of nitrogens with zero attached hydrogens (tertiary/aromatic N) is 1. The minimum Gasteiger partial charge on any atom is -0.543 e. The SMILES string of the molecule is Cc1ccoc1C=Nc1ccccc1O[Si](C)(C)C. The summed E-state index contributed by atoms with van der Waals surface area (Å²) in [7, 11) is -1.63. The highest BCUT2D eigenvalue weighted by Gasteiger charge is 2.17. The van der Waals surface area contributed by atoms with Crippen LogP contribution in [0.4, 0.5) is 5.69 Å². The van der Waals surface area contributed by atoms with Gasteiger partial charge >= 0.3 is 0 Å². The van der Waals surface area contributed by atoms with Crippen LogP contribution < -0.4 is 4.43 Å². The Morgan fingerprint density at radius 1 is 1.16 bits per heavy atom. The second-order valence-corrected chi connectivity index (χ2v) is 9.84. The van der Waals surface area contributed by atoms with Gasteiger partial charge in [0.1, 0.15) is 17.2 Å². The minimum atomic E-state index is -1.63. The molecule has 0 saturated heterocycles. The van der Waals surface area contributed by atoms with Crippen LogP contribution in [-0.2, 0) is 0 Å². The van der Waals surface area contributed by atoms with E-state index in [1.807, 2.05) is 37.3 Å². The van der Waals surface area contributed by atoms with Gasteiger partial charge in [0.25, 0.3) is 0 Å². The second-order valence-electron chi connectivity index (χ2n) is 5.41. The fraction of sp³-hybridized carbons (Fsp3) is 0.267. The summed E-state index contributed by atoms with van der Waals surface area (Å²) in [6.07, 6.45) is 3.41. The number of para-hydroxylation sites is 2. The highest BCUT2D eigenvalue weighted by Crippen LogP contribution is 2.29. The molecule has 0 aliphatic carbocycles. The Kier molecular flexibility index (Phi) is 3.90. The number of aliphatic imine (C=N–C) groups is 1. The van der Waals surface area contributed by atoms with Gasteiger partial charge in [-0.2, -0.15) is 0 Å². The number of rotatable bonds is 4. The summed E-state index contributed by atoms with van der Waals surface area (Å²) in [4.78, 5) is 4.47. The first kappa shape index (κ1) is 13.6. The Bertz CT molecular complexity index is 582. The quantitative estimate of drug-likeness (QED) is 0.605. The van der Waals surface area contributed by atoms with E-state index >= 15 is 0 Å². The van der Waals surface area contributed by atoms with Crippen molar-refractivity contribution in [2.75, 3.05) is 0 Å². The maximum atomic E-state index is 6.03. The van der Waals surface area contributed by atoms with Crippen molar-refractivity contribution in [1.29, 1.82) is 0 Å². The standard InChI is InChI=1S/C15H19NO2Si/c1-12-9-10-17-15(12)11-16-13-7-5-6-8-14(13)18-19(2,3)4/h5-11H,1-4H3. The van der Waals surface area contributed by atoms with Crippen LogP contribution in [0, 0.1) is 6.92 Å². The molecule has 0 bridgehead atoms. The molecular weight excluding hydrogens is 254 g/mol. The van der Waals surface area contributed by atoms with E-state index in [1.54, 1.807) is 12.5 Å². The van der Waals surface area contributed by atoms with Crippen molar-refractivity contribution in [3.63, 3.8) is 0 Å². The van der Waals surface area contributed by atoms with Gasteiger partial charge < -0.3 is 8.84 Å². The summed E-state index contributed by atoms with van der Waals surface area (Å²) in [6, 6.07) is 9.75. The minimum absolute atomic E-state index is 0.780. The van der Waals surface area contributed by atoms with Gasteiger partial charge in [0.05, 0.1) is 12.5 Å². The normalized spacial score (nSPS) is 12.0. The number of furan rings is 1. The Morgan fingerprint density at radius 3 is 2.53 bits per heavy atom. The van der Waals surface area contributed by atoms with Crippen LogP contribution >= 0.6 is 0 Å². The van der Waals surface area contributed by atoms with Gasteiger partial charge in [-0.05, 0) is 50.3 Å². The van der Waals surface area contributed by atoms with Crippen LogP contribution in [0.5, 0.6) is 5.75 Å². The van der Waals surface area contributed by atoms with Crippen LogP contribution in [-0.4, -0.2) is 14.5 Å². The number of hydrogen-bond acceptors (Lipinski definition) is 3. The highest BCUT2D eigenvalue weighted by molar-refractivity contribution is 6.70. The van der Waals surface area contributed by atoms with Crippen molar-refractivity contribution in [3.05, 3.63) is 47.9 Å². The highest BCUT2D eigenvalue weighted by atomic mass is 28.4. The summed E-state index contributed by atoms with van der Waals surface area (Å²) in [5.41, 5.74) is 1.91. The maximum Gasteiger partial charge on any atom is 0.242 e. The van der Waals surface area contributed by atoms with Crippen LogP contribution in [0.25, 0.3) is 0 Å². The number of benzene rings is 1. The third kappa shape index (κ3) is 3.82. The largest absolute Gasteiger partial charge is 0.543 e. The van der Waals surface area contributed by atoms with Crippen molar-refractivity contribution in [3.8, 4) is 5.75 Å². The molecule has 0 unspecified atom stereocenters. The molecule has 3 nitrogen and oxygen atoms in total. The molecule has 0 aliphatic heterocycles. The van der Waals surface area contributed by atoms with Crippen molar-refractivity contribution in [2.45, 2.75) is 26.6 Å². The summed E-state index contributed by atoms with van der Waals surface area (Å²) >= 11 is 0. The van der Waals surface area contributed by atoms with E-state index in [1.165, 1.54) is 0 Å². The molecule has 0 N–H and O–H groups in total.